The average Bonchev–Trinajstić information content (AvgIpc) is 2.83. The van der Waals surface area contributed by atoms with Gasteiger partial charge in [-0.25, -0.2) is 0 Å². The van der Waals surface area contributed by atoms with Gasteiger partial charge in [0.2, 0.25) is 23.2 Å². The largest absolute Gasteiger partial charge is 0.447 e. The maximum absolute atomic E-state index is 12.7. The number of para-hydroxylation sites is 1. The molecule has 4 rings (SSSR count). The van der Waals surface area contributed by atoms with E-state index >= 15 is 0 Å². The fourth-order valence-corrected chi connectivity index (χ4v) is 4.11. The van der Waals surface area contributed by atoms with Crippen LogP contribution in [-0.2, 0) is 4.79 Å². The first-order valence-corrected chi connectivity index (χ1v) is 10.6. The number of carbonyl (C=O) groups excluding carboxylic acids is 1. The zero-order chi connectivity index (χ0) is 19.7. The lowest BCUT2D eigenvalue weighted by Gasteiger charge is -2.30. The van der Waals surface area contributed by atoms with Crippen LogP contribution in [0.2, 0.25) is 0 Å². The second kappa shape index (κ2) is 7.89. The number of thioether (sulfide) groups is 1. The number of halogens is 1. The van der Waals surface area contributed by atoms with Gasteiger partial charge in [-0.3, -0.25) is 9.69 Å². The first-order chi connectivity index (χ1) is 13.6. The second-order valence-electron chi connectivity index (χ2n) is 6.08. The van der Waals surface area contributed by atoms with Gasteiger partial charge in [0.05, 0.1) is 5.69 Å². The number of hydrogen-bond acceptors (Lipinski definition) is 6. The van der Waals surface area contributed by atoms with Gasteiger partial charge in [0, 0.05) is 22.5 Å². The SMILES string of the molecule is CCSc1nnc2c(n1)O[C@@H](c1ccccc1Br)N(C(C)=O)c1ccccc1-2. The number of benzene rings is 2. The molecule has 0 unspecified atom stereocenters. The van der Waals surface area contributed by atoms with E-state index in [4.69, 9.17) is 4.74 Å². The number of anilines is 1. The molecule has 2 aromatic carbocycles. The summed E-state index contributed by atoms with van der Waals surface area (Å²) in [6.45, 7) is 3.55. The Morgan fingerprint density at radius 1 is 1.18 bits per heavy atom. The normalized spacial score (nSPS) is 15.2. The molecule has 0 radical (unpaired) electrons. The van der Waals surface area contributed by atoms with Crippen molar-refractivity contribution in [2.45, 2.75) is 25.2 Å². The molecule has 0 saturated heterocycles. The molecule has 8 heteroatoms. The number of aromatic nitrogens is 3. The Kier molecular flexibility index (Phi) is 5.32. The molecule has 0 saturated carbocycles. The van der Waals surface area contributed by atoms with Gasteiger partial charge in [-0.05, 0) is 17.9 Å². The molecule has 0 aliphatic carbocycles. The van der Waals surface area contributed by atoms with Crippen molar-refractivity contribution < 1.29 is 9.53 Å². The van der Waals surface area contributed by atoms with E-state index in [0.717, 1.165) is 21.4 Å². The zero-order valence-electron chi connectivity index (χ0n) is 15.3. The van der Waals surface area contributed by atoms with Gasteiger partial charge in [0.25, 0.3) is 0 Å². The number of hydrogen-bond donors (Lipinski definition) is 0. The molecule has 1 aliphatic rings. The summed E-state index contributed by atoms with van der Waals surface area (Å²) in [4.78, 5) is 18.9. The van der Waals surface area contributed by atoms with Gasteiger partial charge in [0.15, 0.2) is 5.69 Å². The van der Waals surface area contributed by atoms with Crippen molar-refractivity contribution in [2.75, 3.05) is 10.7 Å². The average molecular weight is 457 g/mol. The summed E-state index contributed by atoms with van der Waals surface area (Å²) in [6.07, 6.45) is -0.688. The third kappa shape index (κ3) is 3.38. The Labute approximate surface area is 175 Å². The van der Waals surface area contributed by atoms with Gasteiger partial charge < -0.3 is 4.74 Å². The van der Waals surface area contributed by atoms with E-state index < -0.39 is 6.23 Å². The topological polar surface area (TPSA) is 68.2 Å². The molecule has 1 aromatic heterocycles. The van der Waals surface area contributed by atoms with Crippen LogP contribution >= 0.6 is 27.7 Å². The third-order valence-electron chi connectivity index (χ3n) is 4.30. The molecule has 0 N–H and O–H groups in total. The molecule has 1 atom stereocenters. The molecule has 2 heterocycles. The van der Waals surface area contributed by atoms with Gasteiger partial charge in [-0.1, -0.05) is 71.0 Å². The lowest BCUT2D eigenvalue weighted by molar-refractivity contribution is -0.118. The lowest BCUT2D eigenvalue weighted by Crippen LogP contribution is -2.36. The van der Waals surface area contributed by atoms with E-state index in [-0.39, 0.29) is 5.91 Å². The Bertz CT molecular complexity index is 1050. The van der Waals surface area contributed by atoms with Crippen LogP contribution in [0.5, 0.6) is 5.88 Å². The number of fused-ring (bicyclic) bond motifs is 3. The molecular weight excluding hydrogens is 440 g/mol. The Hall–Kier alpha value is -2.45. The van der Waals surface area contributed by atoms with Crippen molar-refractivity contribution in [3.8, 4) is 17.1 Å². The molecule has 3 aromatic rings. The summed E-state index contributed by atoms with van der Waals surface area (Å²) in [7, 11) is 0. The van der Waals surface area contributed by atoms with E-state index in [1.165, 1.54) is 18.7 Å². The molecule has 0 fully saturated rings. The quantitative estimate of drug-likeness (QED) is 0.524. The molecular formula is C20H17BrN4O2S. The number of nitrogens with zero attached hydrogens (tertiary/aromatic N) is 4. The fraction of sp³-hybridized carbons (Fsp3) is 0.200. The van der Waals surface area contributed by atoms with Gasteiger partial charge in [-0.15, -0.1) is 10.2 Å². The standard InChI is InChI=1S/C20H17BrN4O2S/c1-3-28-20-22-18-17(23-24-20)14-9-5-7-11-16(14)25(12(2)26)19(27-18)13-8-4-6-10-15(13)21/h4-11,19H,3H2,1-2H3/t19-/m0/s1. The zero-order valence-corrected chi connectivity index (χ0v) is 17.7. The maximum Gasteiger partial charge on any atom is 0.247 e. The van der Waals surface area contributed by atoms with Gasteiger partial charge in [-0.2, -0.15) is 4.98 Å². The highest BCUT2D eigenvalue weighted by Gasteiger charge is 2.35. The van der Waals surface area contributed by atoms with Gasteiger partial charge >= 0.3 is 0 Å². The van der Waals surface area contributed by atoms with Crippen LogP contribution < -0.4 is 9.64 Å². The van der Waals surface area contributed by atoms with Crippen LogP contribution in [0, 0.1) is 0 Å². The first-order valence-electron chi connectivity index (χ1n) is 8.78. The molecule has 1 amide bonds. The van der Waals surface area contributed by atoms with Crippen molar-refractivity contribution in [1.82, 2.24) is 15.2 Å². The Morgan fingerprint density at radius 2 is 1.93 bits per heavy atom. The summed E-state index contributed by atoms with van der Waals surface area (Å²) in [5.41, 5.74) is 2.82. The van der Waals surface area contributed by atoms with Crippen LogP contribution in [0.25, 0.3) is 11.3 Å². The summed E-state index contributed by atoms with van der Waals surface area (Å²) in [6, 6.07) is 15.3. The highest BCUT2D eigenvalue weighted by atomic mass is 79.9. The Morgan fingerprint density at radius 3 is 2.68 bits per heavy atom. The highest BCUT2D eigenvalue weighted by Crippen LogP contribution is 2.44. The fourth-order valence-electron chi connectivity index (χ4n) is 3.12. The van der Waals surface area contributed by atoms with Crippen LogP contribution in [-0.4, -0.2) is 26.8 Å². The Balaban J connectivity index is 1.97. The van der Waals surface area contributed by atoms with Crippen LogP contribution in [0.3, 0.4) is 0 Å². The maximum atomic E-state index is 12.7. The third-order valence-corrected chi connectivity index (χ3v) is 5.74. The number of ether oxygens (including phenoxy) is 1. The molecule has 1 aliphatic heterocycles. The number of amides is 1. The van der Waals surface area contributed by atoms with Crippen LogP contribution in [0.15, 0.2) is 58.2 Å². The highest BCUT2D eigenvalue weighted by molar-refractivity contribution is 9.10. The smallest absolute Gasteiger partial charge is 0.247 e. The van der Waals surface area contributed by atoms with Crippen molar-refractivity contribution in [1.29, 1.82) is 0 Å². The molecule has 28 heavy (non-hydrogen) atoms. The number of carbonyl (C=O) groups is 1. The first kappa shape index (κ1) is 18.9. The monoisotopic (exact) mass is 456 g/mol. The molecule has 0 spiro atoms. The second-order valence-corrected chi connectivity index (χ2v) is 8.16. The van der Waals surface area contributed by atoms with Crippen molar-refractivity contribution in [3.63, 3.8) is 0 Å². The molecule has 0 bridgehead atoms. The molecule has 6 nitrogen and oxygen atoms in total. The van der Waals surface area contributed by atoms with Crippen LogP contribution in [0.4, 0.5) is 5.69 Å². The minimum absolute atomic E-state index is 0.142. The van der Waals surface area contributed by atoms with Gasteiger partial charge in [0.1, 0.15) is 0 Å². The lowest BCUT2D eigenvalue weighted by atomic mass is 10.1. The summed E-state index contributed by atoms with van der Waals surface area (Å²) >= 11 is 5.07. The summed E-state index contributed by atoms with van der Waals surface area (Å²) in [5.74, 6) is 1.05. The summed E-state index contributed by atoms with van der Waals surface area (Å²) in [5, 5.41) is 9.13. The van der Waals surface area contributed by atoms with E-state index in [2.05, 4.69) is 31.1 Å². The van der Waals surface area contributed by atoms with E-state index in [0.29, 0.717) is 22.4 Å². The van der Waals surface area contributed by atoms with Crippen molar-refractivity contribution >= 4 is 39.3 Å². The summed E-state index contributed by atoms with van der Waals surface area (Å²) < 4.78 is 7.16. The van der Waals surface area contributed by atoms with E-state index in [1.807, 2.05) is 55.5 Å². The minimum Gasteiger partial charge on any atom is -0.447 e. The van der Waals surface area contributed by atoms with E-state index in [9.17, 15) is 4.79 Å². The molecule has 142 valence electrons. The van der Waals surface area contributed by atoms with E-state index in [1.54, 1.807) is 4.90 Å². The predicted molar refractivity (Wildman–Crippen MR) is 112 cm³/mol. The minimum atomic E-state index is -0.688. The predicted octanol–water partition coefficient (Wildman–Crippen LogP) is 4.86. The van der Waals surface area contributed by atoms with Crippen LogP contribution in [0.1, 0.15) is 25.6 Å². The van der Waals surface area contributed by atoms with Crippen molar-refractivity contribution in [2.24, 2.45) is 0 Å². The van der Waals surface area contributed by atoms with Crippen molar-refractivity contribution in [3.05, 3.63) is 58.6 Å². The number of rotatable bonds is 3.